The molecule has 8 nitrogen and oxygen atoms in total. The second-order valence-corrected chi connectivity index (χ2v) is 9.94. The molecule has 0 atom stereocenters. The van der Waals surface area contributed by atoms with Crippen LogP contribution in [0.4, 0.5) is 26.0 Å². The minimum absolute atomic E-state index is 0.198. The van der Waals surface area contributed by atoms with Crippen LogP contribution in [-0.4, -0.2) is 51.0 Å². The molecule has 0 radical (unpaired) electrons. The largest absolute Gasteiger partial charge is 0.378 e. The van der Waals surface area contributed by atoms with Crippen molar-refractivity contribution in [1.29, 1.82) is 0 Å². The molecular weight excluding hydrogens is 512 g/mol. The molecule has 4 aromatic heterocycles. The Bertz CT molecular complexity index is 1730. The zero-order chi connectivity index (χ0) is 28.0. The Hall–Kier alpha value is -4.44. The van der Waals surface area contributed by atoms with Crippen LogP contribution in [0.25, 0.3) is 33.4 Å². The predicted octanol–water partition coefficient (Wildman–Crippen LogP) is 5.88. The van der Waals surface area contributed by atoms with E-state index in [9.17, 15) is 4.39 Å². The van der Waals surface area contributed by atoms with Gasteiger partial charge in [0.15, 0.2) is 0 Å². The van der Waals surface area contributed by atoms with E-state index in [4.69, 9.17) is 9.72 Å². The van der Waals surface area contributed by atoms with E-state index in [1.165, 1.54) is 6.07 Å². The van der Waals surface area contributed by atoms with E-state index < -0.39 is 11.6 Å². The monoisotopic (exact) mass is 541 g/mol. The van der Waals surface area contributed by atoms with Crippen LogP contribution in [0.1, 0.15) is 17.0 Å². The van der Waals surface area contributed by atoms with Crippen LogP contribution in [0, 0.1) is 32.4 Å². The average molecular weight is 542 g/mol. The number of pyridine rings is 3. The van der Waals surface area contributed by atoms with Gasteiger partial charge >= 0.3 is 0 Å². The third-order valence-electron chi connectivity index (χ3n) is 7.42. The Morgan fingerprint density at radius 3 is 2.50 bits per heavy atom. The first-order chi connectivity index (χ1) is 19.3. The van der Waals surface area contributed by atoms with Crippen molar-refractivity contribution in [3.05, 3.63) is 77.4 Å². The zero-order valence-corrected chi connectivity index (χ0v) is 22.8. The lowest BCUT2D eigenvalue weighted by Gasteiger charge is -2.28. The number of aryl methyl sites for hydroxylation is 2. The summed E-state index contributed by atoms with van der Waals surface area (Å²) >= 11 is 0. The first kappa shape index (κ1) is 25.8. The highest BCUT2D eigenvalue weighted by Gasteiger charge is 2.23. The van der Waals surface area contributed by atoms with Crippen LogP contribution >= 0.6 is 0 Å². The van der Waals surface area contributed by atoms with Crippen molar-refractivity contribution in [1.82, 2.24) is 24.7 Å². The standard InChI is InChI=1S/C30H29F2N7O/c1-17-29(23-7-5-6-8-33-23)36-25-14-20(31)13-22(32)28(25)30(17)35-24-15-26(39-9-11-40-12-10-39)34-16-21(24)27-18(2)37-38(4)19(27)3/h5-8,13-16H,9-12H2,1-4H3,(H,34,35,36). The van der Waals surface area contributed by atoms with Gasteiger partial charge < -0.3 is 15.0 Å². The summed E-state index contributed by atoms with van der Waals surface area (Å²) in [6.45, 7) is 8.49. The van der Waals surface area contributed by atoms with Crippen LogP contribution in [0.3, 0.4) is 0 Å². The Labute approximate surface area is 230 Å². The van der Waals surface area contributed by atoms with E-state index in [0.717, 1.165) is 40.1 Å². The van der Waals surface area contributed by atoms with E-state index in [1.54, 1.807) is 6.20 Å². The van der Waals surface area contributed by atoms with Crippen molar-refractivity contribution in [2.45, 2.75) is 20.8 Å². The van der Waals surface area contributed by atoms with E-state index in [0.29, 0.717) is 48.9 Å². The fourth-order valence-corrected chi connectivity index (χ4v) is 5.32. The van der Waals surface area contributed by atoms with Crippen LogP contribution < -0.4 is 10.2 Å². The maximum absolute atomic E-state index is 15.5. The molecule has 0 aliphatic carbocycles. The van der Waals surface area contributed by atoms with Gasteiger partial charge in [-0.05, 0) is 32.9 Å². The second kappa shape index (κ2) is 10.3. The quantitative estimate of drug-likeness (QED) is 0.298. The lowest BCUT2D eigenvalue weighted by atomic mass is 10.0. The number of ether oxygens (including phenoxy) is 1. The van der Waals surface area contributed by atoms with Crippen molar-refractivity contribution in [2.75, 3.05) is 36.5 Å². The molecule has 1 fully saturated rings. The number of morpholine rings is 1. The van der Waals surface area contributed by atoms with Gasteiger partial charge in [-0.15, -0.1) is 0 Å². The number of hydrogen-bond acceptors (Lipinski definition) is 7. The molecule has 1 saturated heterocycles. The molecule has 6 rings (SSSR count). The van der Waals surface area contributed by atoms with Gasteiger partial charge in [0.1, 0.15) is 17.5 Å². The van der Waals surface area contributed by atoms with Crippen LogP contribution in [0.2, 0.25) is 0 Å². The molecule has 1 N–H and O–H groups in total. The van der Waals surface area contributed by atoms with Gasteiger partial charge in [0, 0.05) is 73.1 Å². The molecule has 1 aliphatic heterocycles. The molecule has 0 bridgehead atoms. The summed E-state index contributed by atoms with van der Waals surface area (Å²) in [4.78, 5) is 16.1. The van der Waals surface area contributed by atoms with Gasteiger partial charge in [-0.3, -0.25) is 9.67 Å². The highest BCUT2D eigenvalue weighted by Crippen LogP contribution is 2.41. The summed E-state index contributed by atoms with van der Waals surface area (Å²) in [5, 5.41) is 8.34. The summed E-state index contributed by atoms with van der Waals surface area (Å²) in [5.41, 5.74) is 6.84. The minimum Gasteiger partial charge on any atom is -0.378 e. The van der Waals surface area contributed by atoms with Crippen LogP contribution in [0.15, 0.2) is 48.8 Å². The second-order valence-electron chi connectivity index (χ2n) is 9.94. The number of anilines is 3. The summed E-state index contributed by atoms with van der Waals surface area (Å²) in [6, 6.07) is 9.61. The maximum Gasteiger partial charge on any atom is 0.137 e. The molecule has 1 aromatic carbocycles. The number of rotatable bonds is 5. The average Bonchev–Trinajstić information content (AvgIpc) is 3.21. The molecule has 1 aliphatic rings. The molecule has 10 heteroatoms. The topological polar surface area (TPSA) is 81.0 Å². The molecule has 0 saturated carbocycles. The third kappa shape index (κ3) is 4.54. The lowest BCUT2D eigenvalue weighted by molar-refractivity contribution is 0.122. The van der Waals surface area contributed by atoms with Crippen LogP contribution in [-0.2, 0) is 11.8 Å². The Kier molecular flexibility index (Phi) is 6.63. The molecule has 0 spiro atoms. The number of halogens is 2. The highest BCUT2D eigenvalue weighted by atomic mass is 19.1. The Morgan fingerprint density at radius 2 is 1.80 bits per heavy atom. The smallest absolute Gasteiger partial charge is 0.137 e. The van der Waals surface area contributed by atoms with E-state index in [2.05, 4.69) is 25.3 Å². The SMILES string of the molecule is Cc1nn(C)c(C)c1-c1cnc(N2CCOCC2)cc1Nc1c(C)c(-c2ccccn2)nc2cc(F)cc(F)c12. The number of hydrogen-bond donors (Lipinski definition) is 1. The first-order valence-corrected chi connectivity index (χ1v) is 13.1. The van der Waals surface area contributed by atoms with E-state index >= 15 is 4.39 Å². The highest BCUT2D eigenvalue weighted by molar-refractivity contribution is 5.99. The molecule has 0 unspecified atom stereocenters. The van der Waals surface area contributed by atoms with Crippen molar-refractivity contribution in [2.24, 2.45) is 7.05 Å². The Balaban J connectivity index is 1.59. The number of benzene rings is 1. The third-order valence-corrected chi connectivity index (χ3v) is 7.42. The zero-order valence-electron chi connectivity index (χ0n) is 22.8. The van der Waals surface area contributed by atoms with Gasteiger partial charge in [0.2, 0.25) is 0 Å². The molecular formula is C30H29F2N7O. The summed E-state index contributed by atoms with van der Waals surface area (Å²) in [6.07, 6.45) is 3.50. The van der Waals surface area contributed by atoms with E-state index in [1.807, 2.05) is 63.0 Å². The van der Waals surface area contributed by atoms with Gasteiger partial charge in [-0.2, -0.15) is 5.10 Å². The number of fused-ring (bicyclic) bond motifs is 1. The van der Waals surface area contributed by atoms with Crippen LogP contribution in [0.5, 0.6) is 0 Å². The number of nitrogens with zero attached hydrogens (tertiary/aromatic N) is 6. The number of aromatic nitrogens is 5. The molecule has 5 aromatic rings. The van der Waals surface area contributed by atoms with Gasteiger partial charge in [-0.1, -0.05) is 6.07 Å². The summed E-state index contributed by atoms with van der Waals surface area (Å²) in [7, 11) is 1.90. The fraction of sp³-hybridized carbons (Fsp3) is 0.267. The molecule has 0 amide bonds. The normalized spacial score (nSPS) is 13.7. The fourth-order valence-electron chi connectivity index (χ4n) is 5.32. The molecule has 204 valence electrons. The number of nitrogens with one attached hydrogen (secondary N) is 1. The minimum atomic E-state index is -0.696. The summed E-state index contributed by atoms with van der Waals surface area (Å²) in [5.74, 6) is -0.611. The van der Waals surface area contributed by atoms with Crippen molar-refractivity contribution in [3.63, 3.8) is 0 Å². The predicted molar refractivity (Wildman–Crippen MR) is 152 cm³/mol. The van der Waals surface area contributed by atoms with Gasteiger partial charge in [-0.25, -0.2) is 18.7 Å². The molecule has 40 heavy (non-hydrogen) atoms. The van der Waals surface area contributed by atoms with E-state index in [-0.39, 0.29) is 10.9 Å². The van der Waals surface area contributed by atoms with Gasteiger partial charge in [0.25, 0.3) is 0 Å². The van der Waals surface area contributed by atoms with Gasteiger partial charge in [0.05, 0.1) is 52.6 Å². The van der Waals surface area contributed by atoms with Crippen molar-refractivity contribution in [3.8, 4) is 22.5 Å². The van der Waals surface area contributed by atoms with Crippen molar-refractivity contribution >= 4 is 28.1 Å². The lowest BCUT2D eigenvalue weighted by Crippen LogP contribution is -2.36. The summed E-state index contributed by atoms with van der Waals surface area (Å²) < 4.78 is 37.2. The van der Waals surface area contributed by atoms with Crippen molar-refractivity contribution < 1.29 is 13.5 Å². The maximum atomic E-state index is 15.5. The molecule has 5 heterocycles. The Morgan fingerprint density at radius 1 is 1.00 bits per heavy atom. The first-order valence-electron chi connectivity index (χ1n) is 13.1.